The summed E-state index contributed by atoms with van der Waals surface area (Å²) in [5.74, 6) is 0.441. The van der Waals surface area contributed by atoms with Gasteiger partial charge in [0.2, 0.25) is 0 Å². The molecule has 3 aromatic rings. The maximum absolute atomic E-state index is 12.6. The van der Waals surface area contributed by atoms with Crippen molar-refractivity contribution < 1.29 is 14.3 Å². The molecule has 5 nitrogen and oxygen atoms in total. The lowest BCUT2D eigenvalue weighted by Crippen LogP contribution is -2.37. The fourth-order valence-electron chi connectivity index (χ4n) is 2.34. The summed E-state index contributed by atoms with van der Waals surface area (Å²) in [4.78, 5) is 14.2. The Morgan fingerprint density at radius 3 is 2.71 bits per heavy atom. The van der Waals surface area contributed by atoms with Gasteiger partial charge in [-0.1, -0.05) is 30.3 Å². The fraction of sp³-hybridized carbons (Fsp3) is 0.167. The number of carbonyl (C=O) groups excluding carboxylic acids is 1. The van der Waals surface area contributed by atoms with E-state index in [4.69, 9.17) is 4.42 Å². The molecule has 0 aliphatic heterocycles. The van der Waals surface area contributed by atoms with E-state index in [-0.39, 0.29) is 12.6 Å². The van der Waals surface area contributed by atoms with Gasteiger partial charge in [-0.2, -0.15) is 11.3 Å². The van der Waals surface area contributed by atoms with Crippen molar-refractivity contribution in [1.29, 1.82) is 0 Å². The third kappa shape index (κ3) is 4.24. The van der Waals surface area contributed by atoms with Gasteiger partial charge in [0.1, 0.15) is 11.9 Å². The zero-order valence-corrected chi connectivity index (χ0v) is 13.8. The van der Waals surface area contributed by atoms with Crippen LogP contribution >= 0.6 is 11.3 Å². The highest BCUT2D eigenvalue weighted by molar-refractivity contribution is 7.08. The van der Waals surface area contributed by atoms with E-state index in [0.717, 1.165) is 11.3 Å². The minimum Gasteiger partial charge on any atom is -0.467 e. The van der Waals surface area contributed by atoms with Gasteiger partial charge in [0.15, 0.2) is 0 Å². The largest absolute Gasteiger partial charge is 0.467 e. The minimum absolute atomic E-state index is 0.137. The maximum Gasteiger partial charge on any atom is 0.322 e. The number of nitrogens with zero attached hydrogens (tertiary/aromatic N) is 1. The van der Waals surface area contributed by atoms with Crippen molar-refractivity contribution >= 4 is 23.1 Å². The molecule has 24 heavy (non-hydrogen) atoms. The minimum atomic E-state index is -0.878. The molecule has 0 saturated carbocycles. The lowest BCUT2D eigenvalue weighted by Gasteiger charge is -2.25. The van der Waals surface area contributed by atoms with Gasteiger partial charge in [-0.25, -0.2) is 4.79 Å². The molecule has 0 saturated heterocycles. The Hall–Kier alpha value is -2.57. The van der Waals surface area contributed by atoms with Crippen molar-refractivity contribution in [3.8, 4) is 0 Å². The first-order valence-corrected chi connectivity index (χ1v) is 8.50. The Balaban J connectivity index is 1.73. The summed E-state index contributed by atoms with van der Waals surface area (Å²) in [6.45, 7) is 0.535. The van der Waals surface area contributed by atoms with Gasteiger partial charge in [-0.3, -0.25) is 0 Å². The Kier molecular flexibility index (Phi) is 5.30. The van der Waals surface area contributed by atoms with Crippen LogP contribution in [0.25, 0.3) is 0 Å². The molecule has 2 aromatic heterocycles. The molecule has 0 spiro atoms. The molecule has 124 valence electrons. The molecule has 0 bridgehead atoms. The number of thiophene rings is 1. The average molecular weight is 342 g/mol. The van der Waals surface area contributed by atoms with Crippen molar-refractivity contribution in [3.05, 3.63) is 76.9 Å². The second-order valence-electron chi connectivity index (χ2n) is 5.34. The van der Waals surface area contributed by atoms with E-state index in [9.17, 15) is 9.90 Å². The second kappa shape index (κ2) is 7.81. The van der Waals surface area contributed by atoms with E-state index in [1.807, 2.05) is 47.2 Å². The lowest BCUT2D eigenvalue weighted by molar-refractivity contribution is 0.105. The predicted molar refractivity (Wildman–Crippen MR) is 93.9 cm³/mol. The number of anilines is 1. The number of carbonyl (C=O) groups is 1. The number of hydrogen-bond donors (Lipinski definition) is 2. The third-order valence-electron chi connectivity index (χ3n) is 3.54. The molecular weight excluding hydrogens is 324 g/mol. The summed E-state index contributed by atoms with van der Waals surface area (Å²) < 4.78 is 5.23. The molecule has 2 N–H and O–H groups in total. The smallest absolute Gasteiger partial charge is 0.322 e. The standard InChI is InChI=1S/C18H18N2O3S/c21-16(17-7-4-9-23-17)12-20(11-14-5-2-1-3-6-14)18(22)19-15-8-10-24-13-15/h1-10,13,16,21H,11-12H2,(H,19,22). The Morgan fingerprint density at radius 2 is 2.04 bits per heavy atom. The van der Waals surface area contributed by atoms with E-state index < -0.39 is 6.10 Å². The van der Waals surface area contributed by atoms with Gasteiger partial charge in [0.25, 0.3) is 0 Å². The third-order valence-corrected chi connectivity index (χ3v) is 4.22. The summed E-state index contributed by atoms with van der Waals surface area (Å²) in [6, 6.07) is 14.7. The van der Waals surface area contributed by atoms with Crippen LogP contribution < -0.4 is 5.32 Å². The van der Waals surface area contributed by atoms with Crippen LogP contribution in [0, 0.1) is 0 Å². The van der Waals surface area contributed by atoms with Crippen molar-refractivity contribution in [3.63, 3.8) is 0 Å². The van der Waals surface area contributed by atoms with Crippen molar-refractivity contribution in [2.24, 2.45) is 0 Å². The summed E-state index contributed by atoms with van der Waals surface area (Å²) in [6.07, 6.45) is 0.628. The number of rotatable bonds is 6. The lowest BCUT2D eigenvalue weighted by atomic mass is 10.2. The topological polar surface area (TPSA) is 65.7 Å². The van der Waals surface area contributed by atoms with Crippen LogP contribution in [0.5, 0.6) is 0 Å². The van der Waals surface area contributed by atoms with Crippen LogP contribution in [0.3, 0.4) is 0 Å². The van der Waals surface area contributed by atoms with Crippen molar-refractivity contribution in [1.82, 2.24) is 4.90 Å². The number of hydrogen-bond acceptors (Lipinski definition) is 4. The Morgan fingerprint density at radius 1 is 1.21 bits per heavy atom. The van der Waals surface area contributed by atoms with Crippen LogP contribution in [-0.2, 0) is 6.54 Å². The number of aliphatic hydroxyl groups is 1. The van der Waals surface area contributed by atoms with Crippen LogP contribution in [0.2, 0.25) is 0 Å². The predicted octanol–water partition coefficient (Wildman–Crippen LogP) is 4.11. The number of urea groups is 1. The quantitative estimate of drug-likeness (QED) is 0.708. The summed E-state index contributed by atoms with van der Waals surface area (Å²) >= 11 is 1.51. The fourth-order valence-corrected chi connectivity index (χ4v) is 2.93. The Bertz CT molecular complexity index is 742. The monoisotopic (exact) mass is 342 g/mol. The zero-order chi connectivity index (χ0) is 16.8. The van der Waals surface area contributed by atoms with Crippen LogP contribution in [0.15, 0.2) is 70.0 Å². The molecule has 2 heterocycles. The van der Waals surface area contributed by atoms with Gasteiger partial charge in [-0.15, -0.1) is 0 Å². The highest BCUT2D eigenvalue weighted by atomic mass is 32.1. The van der Waals surface area contributed by atoms with Crippen LogP contribution in [0.4, 0.5) is 10.5 Å². The molecule has 6 heteroatoms. The van der Waals surface area contributed by atoms with Gasteiger partial charge >= 0.3 is 6.03 Å². The molecule has 1 aromatic carbocycles. The van der Waals surface area contributed by atoms with Gasteiger partial charge in [0.05, 0.1) is 18.5 Å². The zero-order valence-electron chi connectivity index (χ0n) is 13.0. The highest BCUT2D eigenvalue weighted by Gasteiger charge is 2.21. The maximum atomic E-state index is 12.6. The Labute approximate surface area is 144 Å². The number of aliphatic hydroxyl groups excluding tert-OH is 1. The highest BCUT2D eigenvalue weighted by Crippen LogP contribution is 2.18. The first kappa shape index (κ1) is 16.3. The molecule has 1 atom stereocenters. The van der Waals surface area contributed by atoms with E-state index in [1.54, 1.807) is 17.0 Å². The molecule has 0 aliphatic rings. The number of furan rings is 1. The second-order valence-corrected chi connectivity index (χ2v) is 6.12. The molecule has 0 fully saturated rings. The van der Waals surface area contributed by atoms with E-state index in [0.29, 0.717) is 12.3 Å². The van der Waals surface area contributed by atoms with Crippen LogP contribution in [-0.4, -0.2) is 22.6 Å². The normalized spacial score (nSPS) is 11.9. The van der Waals surface area contributed by atoms with E-state index in [1.165, 1.54) is 17.6 Å². The van der Waals surface area contributed by atoms with Crippen molar-refractivity contribution in [2.75, 3.05) is 11.9 Å². The molecule has 2 amide bonds. The van der Waals surface area contributed by atoms with Gasteiger partial charge < -0.3 is 19.7 Å². The number of benzene rings is 1. The average Bonchev–Trinajstić information content (AvgIpc) is 3.29. The molecule has 1 unspecified atom stereocenters. The number of nitrogens with one attached hydrogen (secondary N) is 1. The first-order chi connectivity index (χ1) is 11.7. The number of amides is 2. The summed E-state index contributed by atoms with van der Waals surface area (Å²) in [5, 5.41) is 16.9. The van der Waals surface area contributed by atoms with E-state index >= 15 is 0 Å². The van der Waals surface area contributed by atoms with Crippen molar-refractivity contribution in [2.45, 2.75) is 12.6 Å². The van der Waals surface area contributed by atoms with Gasteiger partial charge in [-0.05, 0) is 29.1 Å². The van der Waals surface area contributed by atoms with Crippen LogP contribution in [0.1, 0.15) is 17.4 Å². The molecular formula is C18H18N2O3S. The first-order valence-electron chi connectivity index (χ1n) is 7.56. The molecule has 3 rings (SSSR count). The molecule has 0 radical (unpaired) electrons. The summed E-state index contributed by atoms with van der Waals surface area (Å²) in [5.41, 5.74) is 1.74. The molecule has 0 aliphatic carbocycles. The summed E-state index contributed by atoms with van der Waals surface area (Å²) in [7, 11) is 0. The van der Waals surface area contributed by atoms with Gasteiger partial charge in [0, 0.05) is 11.9 Å². The SMILES string of the molecule is O=C(Nc1ccsc1)N(Cc1ccccc1)CC(O)c1ccco1. The van der Waals surface area contributed by atoms with E-state index in [2.05, 4.69) is 5.32 Å².